The summed E-state index contributed by atoms with van der Waals surface area (Å²) in [5.74, 6) is 0.945. The predicted molar refractivity (Wildman–Crippen MR) is 55.9 cm³/mol. The Bertz CT molecular complexity index is 341. The van der Waals surface area contributed by atoms with Crippen molar-refractivity contribution in [1.82, 2.24) is 4.90 Å². The lowest BCUT2D eigenvalue weighted by Crippen LogP contribution is -2.37. The molecule has 0 aliphatic heterocycles. The molecule has 2 rings (SSSR count). The molecule has 0 aromatic carbocycles. The zero-order chi connectivity index (χ0) is 10.9. The number of nitrogens with zero attached hydrogens (tertiary/aromatic N) is 1. The Labute approximate surface area is 89.0 Å². The van der Waals surface area contributed by atoms with E-state index < -0.39 is 0 Å². The highest BCUT2D eigenvalue weighted by atomic mass is 16.3. The van der Waals surface area contributed by atoms with Crippen LogP contribution in [0.1, 0.15) is 18.6 Å². The van der Waals surface area contributed by atoms with E-state index in [1.54, 1.807) is 18.2 Å². The van der Waals surface area contributed by atoms with Gasteiger partial charge in [-0.15, -0.1) is 0 Å². The molecule has 1 aliphatic carbocycles. The molecule has 0 atom stereocenters. The van der Waals surface area contributed by atoms with Gasteiger partial charge in [0.05, 0.1) is 18.2 Å². The monoisotopic (exact) mass is 208 g/mol. The fourth-order valence-corrected chi connectivity index (χ4v) is 1.77. The van der Waals surface area contributed by atoms with Gasteiger partial charge in [-0.1, -0.05) is 0 Å². The number of furan rings is 1. The standard InChI is InChI=1S/C11H16N2O2/c1-13(7-9-3-2-6-15-9)10(14)11(8-12)4-5-11/h2-3,6H,4-5,7-8,12H2,1H3. The maximum Gasteiger partial charge on any atom is 0.230 e. The van der Waals surface area contributed by atoms with Crippen LogP contribution >= 0.6 is 0 Å². The molecule has 0 saturated heterocycles. The first-order valence-corrected chi connectivity index (χ1v) is 5.16. The molecule has 82 valence electrons. The Balaban J connectivity index is 1.96. The van der Waals surface area contributed by atoms with Crippen molar-refractivity contribution in [3.63, 3.8) is 0 Å². The zero-order valence-corrected chi connectivity index (χ0v) is 8.90. The SMILES string of the molecule is CN(Cc1ccco1)C(=O)C1(CN)CC1. The topological polar surface area (TPSA) is 59.5 Å². The number of amides is 1. The van der Waals surface area contributed by atoms with Gasteiger partial charge in [-0.2, -0.15) is 0 Å². The molecule has 0 spiro atoms. The summed E-state index contributed by atoms with van der Waals surface area (Å²) in [7, 11) is 1.79. The molecule has 0 radical (unpaired) electrons. The first kappa shape index (κ1) is 10.2. The number of hydrogen-bond donors (Lipinski definition) is 1. The van der Waals surface area contributed by atoms with E-state index in [-0.39, 0.29) is 11.3 Å². The van der Waals surface area contributed by atoms with Crippen LogP contribution in [0.25, 0.3) is 0 Å². The molecule has 4 heteroatoms. The van der Waals surface area contributed by atoms with Gasteiger partial charge in [0, 0.05) is 13.6 Å². The highest BCUT2D eigenvalue weighted by molar-refractivity contribution is 5.85. The van der Waals surface area contributed by atoms with Crippen LogP contribution in [0.2, 0.25) is 0 Å². The van der Waals surface area contributed by atoms with Crippen molar-refractivity contribution in [1.29, 1.82) is 0 Å². The zero-order valence-electron chi connectivity index (χ0n) is 8.90. The van der Waals surface area contributed by atoms with Crippen LogP contribution in [0.4, 0.5) is 0 Å². The third kappa shape index (κ3) is 1.90. The Morgan fingerprint density at radius 2 is 2.40 bits per heavy atom. The van der Waals surface area contributed by atoms with E-state index in [9.17, 15) is 4.79 Å². The molecule has 1 heterocycles. The number of carbonyl (C=O) groups excluding carboxylic acids is 1. The number of rotatable bonds is 4. The van der Waals surface area contributed by atoms with Crippen molar-refractivity contribution in [2.24, 2.45) is 11.1 Å². The molecule has 1 fully saturated rings. The van der Waals surface area contributed by atoms with Crippen LogP contribution in [-0.4, -0.2) is 24.4 Å². The highest BCUT2D eigenvalue weighted by Crippen LogP contribution is 2.46. The molecule has 0 bridgehead atoms. The summed E-state index contributed by atoms with van der Waals surface area (Å²) >= 11 is 0. The van der Waals surface area contributed by atoms with Gasteiger partial charge < -0.3 is 15.1 Å². The minimum absolute atomic E-state index is 0.140. The summed E-state index contributed by atoms with van der Waals surface area (Å²) in [6.45, 7) is 0.974. The van der Waals surface area contributed by atoms with Crippen LogP contribution in [-0.2, 0) is 11.3 Å². The molecule has 1 amide bonds. The summed E-state index contributed by atoms with van der Waals surface area (Å²) in [4.78, 5) is 13.7. The molecule has 15 heavy (non-hydrogen) atoms. The highest BCUT2D eigenvalue weighted by Gasteiger charge is 2.49. The largest absolute Gasteiger partial charge is 0.467 e. The van der Waals surface area contributed by atoms with E-state index in [2.05, 4.69) is 0 Å². The molecule has 1 saturated carbocycles. The normalized spacial score (nSPS) is 17.5. The number of nitrogens with two attached hydrogens (primary N) is 1. The second-order valence-corrected chi connectivity index (χ2v) is 4.23. The van der Waals surface area contributed by atoms with Crippen LogP contribution in [0.3, 0.4) is 0 Å². The Kier molecular flexibility index (Phi) is 2.52. The third-order valence-corrected chi connectivity index (χ3v) is 3.02. The maximum atomic E-state index is 12.0. The lowest BCUT2D eigenvalue weighted by Gasteiger charge is -2.21. The average molecular weight is 208 g/mol. The summed E-state index contributed by atoms with van der Waals surface area (Å²) in [5, 5.41) is 0. The first-order valence-electron chi connectivity index (χ1n) is 5.16. The van der Waals surface area contributed by atoms with Crippen molar-refractivity contribution in [2.75, 3.05) is 13.6 Å². The number of carbonyl (C=O) groups is 1. The van der Waals surface area contributed by atoms with Gasteiger partial charge in [0.15, 0.2) is 0 Å². The molecule has 1 aromatic heterocycles. The quantitative estimate of drug-likeness (QED) is 0.802. The molecular weight excluding hydrogens is 192 g/mol. The van der Waals surface area contributed by atoms with Crippen molar-refractivity contribution < 1.29 is 9.21 Å². The second kappa shape index (κ2) is 3.70. The van der Waals surface area contributed by atoms with Gasteiger partial charge in [0.1, 0.15) is 5.76 Å². The van der Waals surface area contributed by atoms with Crippen LogP contribution in [0.5, 0.6) is 0 Å². The van der Waals surface area contributed by atoms with Crippen LogP contribution < -0.4 is 5.73 Å². The second-order valence-electron chi connectivity index (χ2n) is 4.23. The minimum Gasteiger partial charge on any atom is -0.467 e. The van der Waals surface area contributed by atoms with Gasteiger partial charge in [-0.3, -0.25) is 4.79 Å². The molecular formula is C11H16N2O2. The van der Waals surface area contributed by atoms with Crippen LogP contribution in [0.15, 0.2) is 22.8 Å². The van der Waals surface area contributed by atoms with Crippen LogP contribution in [0, 0.1) is 5.41 Å². The van der Waals surface area contributed by atoms with E-state index in [4.69, 9.17) is 10.2 Å². The fourth-order valence-electron chi connectivity index (χ4n) is 1.77. The molecule has 0 unspecified atom stereocenters. The van der Waals surface area contributed by atoms with E-state index in [1.165, 1.54) is 0 Å². The molecule has 2 N–H and O–H groups in total. The first-order chi connectivity index (χ1) is 7.18. The Hall–Kier alpha value is -1.29. The van der Waals surface area contributed by atoms with Crippen molar-refractivity contribution in [2.45, 2.75) is 19.4 Å². The average Bonchev–Trinajstić information content (AvgIpc) is 2.89. The molecule has 1 aromatic rings. The van der Waals surface area contributed by atoms with Crippen molar-refractivity contribution in [3.05, 3.63) is 24.2 Å². The van der Waals surface area contributed by atoms with Gasteiger partial charge in [0.25, 0.3) is 0 Å². The number of hydrogen-bond acceptors (Lipinski definition) is 3. The Morgan fingerprint density at radius 1 is 1.67 bits per heavy atom. The van der Waals surface area contributed by atoms with E-state index in [0.29, 0.717) is 13.1 Å². The summed E-state index contributed by atoms with van der Waals surface area (Å²) in [6, 6.07) is 3.69. The summed E-state index contributed by atoms with van der Waals surface area (Å²) < 4.78 is 5.20. The van der Waals surface area contributed by atoms with E-state index in [0.717, 1.165) is 18.6 Å². The third-order valence-electron chi connectivity index (χ3n) is 3.02. The molecule has 1 aliphatic rings. The van der Waals surface area contributed by atoms with Crippen molar-refractivity contribution in [3.8, 4) is 0 Å². The lowest BCUT2D eigenvalue weighted by atomic mass is 10.1. The summed E-state index contributed by atoms with van der Waals surface area (Å²) in [6.07, 6.45) is 3.46. The fraction of sp³-hybridized carbons (Fsp3) is 0.545. The Morgan fingerprint density at radius 3 is 2.87 bits per heavy atom. The van der Waals surface area contributed by atoms with Gasteiger partial charge in [0.2, 0.25) is 5.91 Å². The van der Waals surface area contributed by atoms with Gasteiger partial charge in [-0.25, -0.2) is 0 Å². The van der Waals surface area contributed by atoms with Gasteiger partial charge >= 0.3 is 0 Å². The van der Waals surface area contributed by atoms with Gasteiger partial charge in [-0.05, 0) is 25.0 Å². The lowest BCUT2D eigenvalue weighted by molar-refractivity contribution is -0.136. The smallest absolute Gasteiger partial charge is 0.230 e. The summed E-state index contributed by atoms with van der Waals surface area (Å²) in [5.41, 5.74) is 5.35. The minimum atomic E-state index is -0.263. The molecule has 4 nitrogen and oxygen atoms in total. The van der Waals surface area contributed by atoms with E-state index in [1.807, 2.05) is 12.1 Å². The van der Waals surface area contributed by atoms with E-state index >= 15 is 0 Å². The maximum absolute atomic E-state index is 12.0. The van der Waals surface area contributed by atoms with Crippen molar-refractivity contribution >= 4 is 5.91 Å². The predicted octanol–water partition coefficient (Wildman–Crippen LogP) is 0.977.